The Bertz CT molecular complexity index is 566. The highest BCUT2D eigenvalue weighted by Gasteiger charge is 2.33. The first-order valence-electron chi connectivity index (χ1n) is 5.74. The molecule has 2 rings (SSSR count). The van der Waals surface area contributed by atoms with E-state index in [1.807, 2.05) is 31.2 Å². The predicted molar refractivity (Wildman–Crippen MR) is 69.6 cm³/mol. The van der Waals surface area contributed by atoms with Gasteiger partial charge in [0.05, 0.1) is 12.8 Å². The van der Waals surface area contributed by atoms with Crippen LogP contribution >= 0.6 is 0 Å². The number of ether oxygens (including phenoxy) is 1. The molecule has 1 heterocycles. The van der Waals surface area contributed by atoms with Crippen molar-refractivity contribution in [1.29, 1.82) is 0 Å². The molecule has 0 radical (unpaired) electrons. The van der Waals surface area contributed by atoms with Gasteiger partial charge in [-0.2, -0.15) is 8.42 Å². The van der Waals surface area contributed by atoms with Crippen LogP contribution in [0, 0.1) is 6.92 Å². The summed E-state index contributed by atoms with van der Waals surface area (Å²) in [7, 11) is -3.53. The smallest absolute Gasteiger partial charge is 0.414 e. The van der Waals surface area contributed by atoms with Crippen LogP contribution in [-0.4, -0.2) is 40.0 Å². The Hall–Kier alpha value is -1.60. The minimum absolute atomic E-state index is 0.160. The molecule has 6 nitrogen and oxygen atoms in total. The quantitative estimate of drug-likeness (QED) is 0.780. The third-order valence-electron chi connectivity index (χ3n) is 2.69. The molecule has 1 aromatic carbocycles. The molecule has 0 saturated carbocycles. The maximum atomic E-state index is 11.7. The maximum Gasteiger partial charge on any atom is 0.414 e. The number of carbonyl (C=O) groups is 1. The summed E-state index contributed by atoms with van der Waals surface area (Å²) in [6.07, 6.45) is -0.115. The van der Waals surface area contributed by atoms with E-state index in [1.165, 1.54) is 4.90 Å². The number of nitrogens with zero attached hydrogens (tertiary/aromatic N) is 1. The van der Waals surface area contributed by atoms with Gasteiger partial charge in [-0.3, -0.25) is 9.08 Å². The van der Waals surface area contributed by atoms with Crippen LogP contribution in [0.25, 0.3) is 0 Å². The Kier molecular flexibility index (Phi) is 3.77. The van der Waals surface area contributed by atoms with E-state index in [0.717, 1.165) is 17.5 Å². The van der Waals surface area contributed by atoms with Crippen molar-refractivity contribution in [3.63, 3.8) is 0 Å². The van der Waals surface area contributed by atoms with Crippen LogP contribution in [0.4, 0.5) is 10.5 Å². The monoisotopic (exact) mass is 285 g/mol. The highest BCUT2D eigenvalue weighted by Crippen LogP contribution is 2.22. The molecule has 1 aliphatic heterocycles. The number of anilines is 1. The number of amides is 1. The van der Waals surface area contributed by atoms with Crippen molar-refractivity contribution in [2.45, 2.75) is 13.0 Å². The zero-order valence-corrected chi connectivity index (χ0v) is 11.5. The number of carbonyl (C=O) groups excluding carboxylic acids is 1. The number of hydrogen-bond acceptors (Lipinski definition) is 5. The molecule has 104 valence electrons. The molecule has 0 spiro atoms. The standard InChI is InChI=1S/C12H15NO5S/c1-9-3-5-10(6-4-9)13-7-11(18-12(13)14)8-17-19(2,15)16/h3-6,11H,7-8H2,1-2H3/t11-/m1/s1. The number of aryl methyl sites for hydroxylation is 1. The predicted octanol–water partition coefficient (Wildman–Crippen LogP) is 1.30. The molecule has 0 bridgehead atoms. The van der Waals surface area contributed by atoms with Crippen LogP contribution in [0.3, 0.4) is 0 Å². The molecular formula is C12H15NO5S. The molecule has 1 aliphatic rings. The van der Waals surface area contributed by atoms with E-state index in [0.29, 0.717) is 0 Å². The summed E-state index contributed by atoms with van der Waals surface area (Å²) in [6.45, 7) is 2.07. The fourth-order valence-electron chi connectivity index (χ4n) is 1.74. The lowest BCUT2D eigenvalue weighted by Gasteiger charge is -2.12. The molecule has 1 saturated heterocycles. The number of cyclic esters (lactones) is 1. The Morgan fingerprint density at radius 2 is 2.00 bits per heavy atom. The van der Waals surface area contributed by atoms with Crippen molar-refractivity contribution in [1.82, 2.24) is 0 Å². The van der Waals surface area contributed by atoms with Crippen LogP contribution < -0.4 is 4.90 Å². The molecule has 0 unspecified atom stereocenters. The molecular weight excluding hydrogens is 270 g/mol. The van der Waals surface area contributed by atoms with Gasteiger partial charge in [-0.1, -0.05) is 17.7 Å². The van der Waals surface area contributed by atoms with E-state index in [-0.39, 0.29) is 13.2 Å². The van der Waals surface area contributed by atoms with Crippen LogP contribution in [0.15, 0.2) is 24.3 Å². The van der Waals surface area contributed by atoms with Crippen molar-refractivity contribution < 1.29 is 22.1 Å². The number of hydrogen-bond donors (Lipinski definition) is 0. The van der Waals surface area contributed by atoms with Gasteiger partial charge in [-0.05, 0) is 19.1 Å². The van der Waals surface area contributed by atoms with Gasteiger partial charge in [0.2, 0.25) is 0 Å². The highest BCUT2D eigenvalue weighted by atomic mass is 32.2. The average molecular weight is 285 g/mol. The van der Waals surface area contributed by atoms with Crippen LogP contribution in [0.5, 0.6) is 0 Å². The first-order chi connectivity index (χ1) is 8.85. The second-order valence-electron chi connectivity index (χ2n) is 4.44. The summed E-state index contributed by atoms with van der Waals surface area (Å²) in [5.41, 5.74) is 1.81. The summed E-state index contributed by atoms with van der Waals surface area (Å²) >= 11 is 0. The van der Waals surface area contributed by atoms with Gasteiger partial charge in [0, 0.05) is 5.69 Å². The minimum Gasteiger partial charge on any atom is -0.441 e. The Morgan fingerprint density at radius 3 is 2.58 bits per heavy atom. The molecule has 1 aromatic rings. The zero-order valence-electron chi connectivity index (χ0n) is 10.7. The third-order valence-corrected chi connectivity index (χ3v) is 3.25. The summed E-state index contributed by atoms with van der Waals surface area (Å²) < 4.78 is 31.4. The SMILES string of the molecule is Cc1ccc(N2C[C@H](COS(C)(=O)=O)OC2=O)cc1. The Balaban J connectivity index is 2.01. The van der Waals surface area contributed by atoms with Gasteiger partial charge < -0.3 is 4.74 Å². The molecule has 19 heavy (non-hydrogen) atoms. The van der Waals surface area contributed by atoms with E-state index in [4.69, 9.17) is 4.74 Å². The van der Waals surface area contributed by atoms with Gasteiger partial charge in [-0.25, -0.2) is 4.79 Å². The molecule has 0 aromatic heterocycles. The first kappa shape index (κ1) is 13.8. The minimum atomic E-state index is -3.53. The largest absolute Gasteiger partial charge is 0.441 e. The number of rotatable bonds is 4. The lowest BCUT2D eigenvalue weighted by Crippen LogP contribution is -2.26. The van der Waals surface area contributed by atoms with Gasteiger partial charge >= 0.3 is 6.09 Å². The second-order valence-corrected chi connectivity index (χ2v) is 6.08. The highest BCUT2D eigenvalue weighted by molar-refractivity contribution is 7.85. The van der Waals surface area contributed by atoms with E-state index in [2.05, 4.69) is 4.18 Å². The molecule has 7 heteroatoms. The number of benzene rings is 1. The summed E-state index contributed by atoms with van der Waals surface area (Å²) in [5, 5.41) is 0. The summed E-state index contributed by atoms with van der Waals surface area (Å²) in [5.74, 6) is 0. The Morgan fingerprint density at radius 1 is 1.37 bits per heavy atom. The van der Waals surface area contributed by atoms with Crippen molar-refractivity contribution in [3.8, 4) is 0 Å². The third kappa shape index (κ3) is 3.68. The van der Waals surface area contributed by atoms with Gasteiger partial charge in [0.1, 0.15) is 12.7 Å². The topological polar surface area (TPSA) is 72.9 Å². The fourth-order valence-corrected chi connectivity index (χ4v) is 2.14. The zero-order chi connectivity index (χ0) is 14.0. The van der Waals surface area contributed by atoms with E-state index >= 15 is 0 Å². The average Bonchev–Trinajstić information content (AvgIpc) is 2.68. The van der Waals surface area contributed by atoms with Crippen molar-refractivity contribution in [2.24, 2.45) is 0 Å². The molecule has 1 atom stereocenters. The van der Waals surface area contributed by atoms with Crippen molar-refractivity contribution in [2.75, 3.05) is 24.3 Å². The van der Waals surface area contributed by atoms with Gasteiger partial charge in [0.15, 0.2) is 0 Å². The summed E-state index contributed by atoms with van der Waals surface area (Å²) in [6, 6.07) is 7.42. The van der Waals surface area contributed by atoms with Gasteiger partial charge in [0.25, 0.3) is 10.1 Å². The van der Waals surface area contributed by atoms with Crippen LogP contribution in [0.2, 0.25) is 0 Å². The molecule has 0 aliphatic carbocycles. The van der Waals surface area contributed by atoms with E-state index in [9.17, 15) is 13.2 Å². The van der Waals surface area contributed by atoms with Gasteiger partial charge in [-0.15, -0.1) is 0 Å². The maximum absolute atomic E-state index is 11.7. The molecule has 0 N–H and O–H groups in total. The van der Waals surface area contributed by atoms with E-state index < -0.39 is 22.3 Å². The van der Waals surface area contributed by atoms with Crippen LogP contribution in [-0.2, 0) is 19.0 Å². The molecule has 1 fully saturated rings. The first-order valence-corrected chi connectivity index (χ1v) is 7.56. The van der Waals surface area contributed by atoms with Crippen LogP contribution in [0.1, 0.15) is 5.56 Å². The van der Waals surface area contributed by atoms with Crippen molar-refractivity contribution >= 4 is 21.9 Å². The van der Waals surface area contributed by atoms with Crippen molar-refractivity contribution in [3.05, 3.63) is 29.8 Å². The fraction of sp³-hybridized carbons (Fsp3) is 0.417. The second kappa shape index (κ2) is 5.18. The summed E-state index contributed by atoms with van der Waals surface area (Å²) in [4.78, 5) is 13.1. The molecule has 1 amide bonds. The lowest BCUT2D eigenvalue weighted by atomic mass is 10.2. The normalized spacial score (nSPS) is 19.6. The lowest BCUT2D eigenvalue weighted by molar-refractivity contribution is 0.107. The van der Waals surface area contributed by atoms with E-state index in [1.54, 1.807) is 0 Å². The Labute approximate surface area is 112 Å².